The molecule has 0 atom stereocenters. The van der Waals surface area contributed by atoms with Gasteiger partial charge in [0.2, 0.25) is 0 Å². The molecule has 0 aliphatic rings. The average Bonchev–Trinajstić information content (AvgIpc) is 2.80. The van der Waals surface area contributed by atoms with E-state index in [1.807, 2.05) is 0 Å². The molecule has 0 spiro atoms. The number of hydrogen-bond acceptors (Lipinski definition) is 2. The van der Waals surface area contributed by atoms with Crippen molar-refractivity contribution >= 4 is 44.3 Å². The average molecular weight is 394 g/mol. The topological polar surface area (TPSA) is 74.6 Å². The van der Waals surface area contributed by atoms with Crippen molar-refractivity contribution in [3.05, 3.63) is 108 Å². The Labute approximate surface area is 172 Å². The third-order valence-corrected chi connectivity index (χ3v) is 5.03. The molecule has 2 N–H and O–H groups in total. The Bertz CT molecular complexity index is 1130. The third kappa shape index (κ3) is 3.59. The number of benzene rings is 5. The second-order valence-electron chi connectivity index (χ2n) is 6.82. The molecule has 0 radical (unpaired) electrons. The normalized spacial score (nSPS) is 10.5. The SMILES string of the molecule is O=C(O)c1ccc(C(=O)O)cc1.c1ccc2c(c1)c1ccccc1c1ccccc21. The number of hydrogen-bond donors (Lipinski definition) is 2. The van der Waals surface area contributed by atoms with Crippen LogP contribution in [0.1, 0.15) is 20.7 Å². The quantitative estimate of drug-likeness (QED) is 0.348. The van der Waals surface area contributed by atoms with Gasteiger partial charge in [0.05, 0.1) is 11.1 Å². The molecule has 0 aliphatic carbocycles. The minimum Gasteiger partial charge on any atom is -0.478 e. The number of rotatable bonds is 2. The summed E-state index contributed by atoms with van der Waals surface area (Å²) >= 11 is 0. The maximum atomic E-state index is 10.3. The van der Waals surface area contributed by atoms with E-state index in [9.17, 15) is 9.59 Å². The van der Waals surface area contributed by atoms with Gasteiger partial charge in [0.15, 0.2) is 0 Å². The molecular formula is C26H18O4. The first-order valence-corrected chi connectivity index (χ1v) is 9.41. The summed E-state index contributed by atoms with van der Waals surface area (Å²) in [7, 11) is 0. The van der Waals surface area contributed by atoms with Gasteiger partial charge in [0, 0.05) is 0 Å². The van der Waals surface area contributed by atoms with Gasteiger partial charge in [0.1, 0.15) is 0 Å². The molecule has 5 aromatic rings. The van der Waals surface area contributed by atoms with Crippen LogP contribution in [0.3, 0.4) is 0 Å². The van der Waals surface area contributed by atoms with Crippen LogP contribution in [0.15, 0.2) is 97.1 Å². The fourth-order valence-electron chi connectivity index (χ4n) is 3.61. The van der Waals surface area contributed by atoms with Gasteiger partial charge in [-0.15, -0.1) is 0 Å². The maximum Gasteiger partial charge on any atom is 0.335 e. The molecule has 30 heavy (non-hydrogen) atoms. The van der Waals surface area contributed by atoms with E-state index < -0.39 is 11.9 Å². The Balaban J connectivity index is 0.000000159. The lowest BCUT2D eigenvalue weighted by Gasteiger charge is -2.09. The first-order chi connectivity index (χ1) is 14.6. The molecule has 5 aromatic carbocycles. The zero-order valence-corrected chi connectivity index (χ0v) is 15.9. The molecule has 0 aromatic heterocycles. The first-order valence-electron chi connectivity index (χ1n) is 9.41. The van der Waals surface area contributed by atoms with Crippen LogP contribution in [0.2, 0.25) is 0 Å². The molecule has 0 bridgehead atoms. The lowest BCUT2D eigenvalue weighted by molar-refractivity contribution is 0.0681. The third-order valence-electron chi connectivity index (χ3n) is 5.03. The van der Waals surface area contributed by atoms with Gasteiger partial charge in [-0.3, -0.25) is 0 Å². The van der Waals surface area contributed by atoms with Crippen molar-refractivity contribution in [1.29, 1.82) is 0 Å². The number of fused-ring (bicyclic) bond motifs is 6. The summed E-state index contributed by atoms with van der Waals surface area (Å²) in [5.41, 5.74) is 0.167. The lowest BCUT2D eigenvalue weighted by Crippen LogP contribution is -1.99. The Morgan fingerprint density at radius 1 is 0.400 bits per heavy atom. The second kappa shape index (κ2) is 8.05. The van der Waals surface area contributed by atoms with Crippen molar-refractivity contribution < 1.29 is 19.8 Å². The summed E-state index contributed by atoms with van der Waals surface area (Å²) in [6.45, 7) is 0. The first kappa shape index (κ1) is 19.2. The maximum absolute atomic E-state index is 10.3. The fourth-order valence-corrected chi connectivity index (χ4v) is 3.61. The van der Waals surface area contributed by atoms with Crippen LogP contribution in [0.25, 0.3) is 32.3 Å². The highest BCUT2D eigenvalue weighted by atomic mass is 16.4. The molecule has 146 valence electrons. The highest BCUT2D eigenvalue weighted by Gasteiger charge is 2.06. The number of carbonyl (C=O) groups is 2. The minimum absolute atomic E-state index is 0.0833. The second-order valence-corrected chi connectivity index (χ2v) is 6.82. The lowest BCUT2D eigenvalue weighted by atomic mass is 9.95. The molecule has 0 heterocycles. The number of carboxylic acid groups (broad SMARTS) is 2. The van der Waals surface area contributed by atoms with Crippen molar-refractivity contribution in [2.45, 2.75) is 0 Å². The largest absolute Gasteiger partial charge is 0.478 e. The van der Waals surface area contributed by atoms with Crippen LogP contribution in [0, 0.1) is 0 Å². The molecule has 4 nitrogen and oxygen atoms in total. The summed E-state index contributed by atoms with van der Waals surface area (Å²) in [5.74, 6) is -2.13. The Morgan fingerprint density at radius 2 is 0.600 bits per heavy atom. The van der Waals surface area contributed by atoms with E-state index in [4.69, 9.17) is 10.2 Å². The fraction of sp³-hybridized carbons (Fsp3) is 0. The molecule has 0 unspecified atom stereocenters. The zero-order valence-electron chi connectivity index (χ0n) is 15.9. The molecule has 0 saturated carbocycles. The highest BCUT2D eigenvalue weighted by Crippen LogP contribution is 2.34. The van der Waals surface area contributed by atoms with E-state index in [2.05, 4.69) is 72.8 Å². The minimum atomic E-state index is -1.06. The zero-order chi connectivity index (χ0) is 21.1. The Hall–Kier alpha value is -4.18. The summed E-state index contributed by atoms with van der Waals surface area (Å²) in [6.07, 6.45) is 0. The van der Waals surface area contributed by atoms with Crippen molar-refractivity contribution in [3.63, 3.8) is 0 Å². The molecule has 0 saturated heterocycles. The van der Waals surface area contributed by atoms with E-state index in [1.54, 1.807) is 0 Å². The van der Waals surface area contributed by atoms with Gasteiger partial charge in [-0.2, -0.15) is 0 Å². The predicted molar refractivity (Wildman–Crippen MR) is 119 cm³/mol. The van der Waals surface area contributed by atoms with Crippen molar-refractivity contribution in [1.82, 2.24) is 0 Å². The molecule has 5 rings (SSSR count). The van der Waals surface area contributed by atoms with Crippen LogP contribution in [-0.2, 0) is 0 Å². The van der Waals surface area contributed by atoms with Crippen LogP contribution < -0.4 is 0 Å². The monoisotopic (exact) mass is 394 g/mol. The summed E-state index contributed by atoms with van der Waals surface area (Å²) in [5, 5.41) is 25.0. The van der Waals surface area contributed by atoms with Crippen molar-refractivity contribution in [2.24, 2.45) is 0 Å². The smallest absolute Gasteiger partial charge is 0.335 e. The van der Waals surface area contributed by atoms with Crippen molar-refractivity contribution in [3.8, 4) is 0 Å². The van der Waals surface area contributed by atoms with Crippen LogP contribution in [0.5, 0.6) is 0 Å². The molecule has 4 heteroatoms. The number of aromatic carboxylic acids is 2. The van der Waals surface area contributed by atoms with E-state index in [1.165, 1.54) is 56.6 Å². The van der Waals surface area contributed by atoms with Crippen LogP contribution >= 0.6 is 0 Å². The summed E-state index contributed by atoms with van der Waals surface area (Å²) < 4.78 is 0. The van der Waals surface area contributed by atoms with Crippen molar-refractivity contribution in [2.75, 3.05) is 0 Å². The highest BCUT2D eigenvalue weighted by molar-refractivity contribution is 6.25. The predicted octanol–water partition coefficient (Wildman–Crippen LogP) is 6.23. The Kier molecular flexibility index (Phi) is 5.14. The molecular weight excluding hydrogens is 376 g/mol. The van der Waals surface area contributed by atoms with Gasteiger partial charge in [0.25, 0.3) is 0 Å². The standard InChI is InChI=1S/C18H12.C8H6O4/c1-2-8-14-13(7-1)15-9-3-4-11-17(15)18-12-6-5-10-16(14)18;9-7(10)5-1-2-6(4-3-5)8(11)12/h1-12H;1-4H,(H,9,10)(H,11,12). The van der Waals surface area contributed by atoms with E-state index in [0.29, 0.717) is 0 Å². The van der Waals surface area contributed by atoms with E-state index in [-0.39, 0.29) is 11.1 Å². The Morgan fingerprint density at radius 3 is 0.767 bits per heavy atom. The summed E-state index contributed by atoms with van der Waals surface area (Å²) in [4.78, 5) is 20.7. The van der Waals surface area contributed by atoms with Crippen LogP contribution in [0.4, 0.5) is 0 Å². The van der Waals surface area contributed by atoms with Gasteiger partial charge < -0.3 is 10.2 Å². The van der Waals surface area contributed by atoms with E-state index in [0.717, 1.165) is 0 Å². The molecule has 0 amide bonds. The van der Waals surface area contributed by atoms with Gasteiger partial charge in [-0.05, 0) is 56.6 Å². The summed E-state index contributed by atoms with van der Waals surface area (Å²) in [6, 6.07) is 31.0. The number of carboxylic acids is 2. The van der Waals surface area contributed by atoms with Gasteiger partial charge in [-0.1, -0.05) is 72.8 Å². The molecule has 0 aliphatic heterocycles. The molecule has 0 fully saturated rings. The van der Waals surface area contributed by atoms with E-state index >= 15 is 0 Å². The van der Waals surface area contributed by atoms with Gasteiger partial charge in [-0.25, -0.2) is 9.59 Å². The van der Waals surface area contributed by atoms with Gasteiger partial charge >= 0.3 is 11.9 Å². The van der Waals surface area contributed by atoms with Crippen LogP contribution in [-0.4, -0.2) is 22.2 Å².